The molecule has 1 amide bonds. The summed E-state index contributed by atoms with van der Waals surface area (Å²) >= 11 is 1.60. The summed E-state index contributed by atoms with van der Waals surface area (Å²) in [6.45, 7) is 0.444. The molecule has 0 aliphatic heterocycles. The Bertz CT molecular complexity index is 953. The van der Waals surface area contributed by atoms with Crippen LogP contribution >= 0.6 is 11.3 Å². The fourth-order valence-corrected chi connectivity index (χ4v) is 4.06. The Morgan fingerprint density at radius 1 is 1.33 bits per heavy atom. The van der Waals surface area contributed by atoms with E-state index in [1.807, 2.05) is 18.2 Å². The van der Waals surface area contributed by atoms with Gasteiger partial charge in [-0.15, -0.1) is 11.3 Å². The standard InChI is InChI=1S/C20H22N4O2S/c1-26-10-9-15(17(21)25)22-19-16-14(12-5-3-2-4-6-12)11-27-20(16)24-18(23-19)13-7-8-13/h2-6,11,13,15H,7-10H2,1H3,(H2,21,25)(H,22,23,24)/t15-/m0/s1. The Balaban J connectivity index is 1.80. The number of aromatic nitrogens is 2. The predicted octanol–water partition coefficient (Wildman–Crippen LogP) is 3.54. The van der Waals surface area contributed by atoms with Crippen molar-refractivity contribution in [3.63, 3.8) is 0 Å². The Morgan fingerprint density at radius 2 is 2.11 bits per heavy atom. The number of carbonyl (C=O) groups is 1. The smallest absolute Gasteiger partial charge is 0.240 e. The lowest BCUT2D eigenvalue weighted by atomic mass is 10.1. The van der Waals surface area contributed by atoms with Crippen molar-refractivity contribution in [1.29, 1.82) is 0 Å². The maximum atomic E-state index is 11.9. The highest BCUT2D eigenvalue weighted by Gasteiger charge is 2.29. The summed E-state index contributed by atoms with van der Waals surface area (Å²) in [6, 6.07) is 9.60. The molecule has 3 aromatic rings. The van der Waals surface area contributed by atoms with E-state index in [1.54, 1.807) is 18.4 Å². The SMILES string of the molecule is COCC[C@H](Nc1nc(C2CC2)nc2scc(-c3ccccc3)c12)C(N)=O. The first kappa shape index (κ1) is 17.9. The summed E-state index contributed by atoms with van der Waals surface area (Å²) < 4.78 is 5.12. The number of thiophene rings is 1. The van der Waals surface area contributed by atoms with Crippen molar-refractivity contribution in [3.8, 4) is 11.1 Å². The lowest BCUT2D eigenvalue weighted by molar-refractivity contribution is -0.119. The van der Waals surface area contributed by atoms with Gasteiger partial charge in [0, 0.05) is 30.6 Å². The van der Waals surface area contributed by atoms with Crippen LogP contribution in [0.3, 0.4) is 0 Å². The van der Waals surface area contributed by atoms with E-state index in [0.717, 1.165) is 40.0 Å². The van der Waals surface area contributed by atoms with Crippen LogP contribution in [0.4, 0.5) is 5.82 Å². The van der Waals surface area contributed by atoms with Gasteiger partial charge in [-0.3, -0.25) is 4.79 Å². The molecule has 7 heteroatoms. The van der Waals surface area contributed by atoms with Gasteiger partial charge in [0.25, 0.3) is 0 Å². The van der Waals surface area contributed by atoms with Crippen LogP contribution in [0.5, 0.6) is 0 Å². The zero-order valence-corrected chi connectivity index (χ0v) is 16.0. The number of hydrogen-bond acceptors (Lipinski definition) is 6. The Hall–Kier alpha value is -2.51. The summed E-state index contributed by atoms with van der Waals surface area (Å²) in [4.78, 5) is 22.4. The third-order valence-electron chi connectivity index (χ3n) is 4.74. The number of nitrogens with one attached hydrogen (secondary N) is 1. The molecular weight excluding hydrogens is 360 g/mol. The number of anilines is 1. The highest BCUT2D eigenvalue weighted by atomic mass is 32.1. The van der Waals surface area contributed by atoms with Crippen molar-refractivity contribution < 1.29 is 9.53 Å². The summed E-state index contributed by atoms with van der Waals surface area (Å²) in [5.41, 5.74) is 7.77. The first-order valence-electron chi connectivity index (χ1n) is 9.06. The molecule has 0 radical (unpaired) electrons. The summed E-state index contributed by atoms with van der Waals surface area (Å²) in [7, 11) is 1.61. The molecule has 1 fully saturated rings. The molecule has 1 aromatic carbocycles. The third-order valence-corrected chi connectivity index (χ3v) is 5.62. The molecule has 140 valence electrons. The van der Waals surface area contributed by atoms with Gasteiger partial charge in [-0.2, -0.15) is 0 Å². The minimum atomic E-state index is -0.543. The maximum Gasteiger partial charge on any atom is 0.240 e. The number of methoxy groups -OCH3 is 1. The van der Waals surface area contributed by atoms with Gasteiger partial charge >= 0.3 is 0 Å². The van der Waals surface area contributed by atoms with Gasteiger partial charge in [-0.25, -0.2) is 9.97 Å². The fourth-order valence-electron chi connectivity index (χ4n) is 3.10. The van der Waals surface area contributed by atoms with Crippen molar-refractivity contribution in [1.82, 2.24) is 9.97 Å². The molecule has 0 unspecified atom stereocenters. The average Bonchev–Trinajstić information content (AvgIpc) is 3.44. The second kappa shape index (κ2) is 7.62. The van der Waals surface area contributed by atoms with Crippen LogP contribution in [-0.4, -0.2) is 35.6 Å². The van der Waals surface area contributed by atoms with E-state index < -0.39 is 11.9 Å². The van der Waals surface area contributed by atoms with Gasteiger partial charge in [0.15, 0.2) is 0 Å². The number of benzene rings is 1. The van der Waals surface area contributed by atoms with Crippen LogP contribution in [0.1, 0.15) is 31.0 Å². The number of nitrogens with zero attached hydrogens (tertiary/aromatic N) is 2. The zero-order chi connectivity index (χ0) is 18.8. The third kappa shape index (κ3) is 3.79. The largest absolute Gasteiger partial charge is 0.385 e. The van der Waals surface area contributed by atoms with E-state index in [-0.39, 0.29) is 0 Å². The number of hydrogen-bond donors (Lipinski definition) is 2. The molecule has 1 aliphatic rings. The monoisotopic (exact) mass is 382 g/mol. The number of ether oxygens (including phenoxy) is 1. The van der Waals surface area contributed by atoms with Gasteiger partial charge in [-0.1, -0.05) is 30.3 Å². The Morgan fingerprint density at radius 3 is 2.78 bits per heavy atom. The molecule has 4 rings (SSSR count). The maximum absolute atomic E-state index is 11.9. The number of amides is 1. The molecule has 1 saturated carbocycles. The second-order valence-corrected chi connectivity index (χ2v) is 7.64. The van der Waals surface area contributed by atoms with Gasteiger partial charge in [-0.05, 0) is 24.8 Å². The van der Waals surface area contributed by atoms with Gasteiger partial charge in [0.2, 0.25) is 5.91 Å². The lowest BCUT2D eigenvalue weighted by Gasteiger charge is -2.17. The van der Waals surface area contributed by atoms with Crippen LogP contribution < -0.4 is 11.1 Å². The molecule has 0 saturated heterocycles. The molecule has 2 heterocycles. The highest BCUT2D eigenvalue weighted by molar-refractivity contribution is 7.17. The Labute approximate surface area is 161 Å². The molecule has 6 nitrogen and oxygen atoms in total. The van der Waals surface area contributed by atoms with E-state index in [2.05, 4.69) is 22.8 Å². The molecule has 27 heavy (non-hydrogen) atoms. The predicted molar refractivity (Wildman–Crippen MR) is 108 cm³/mol. The highest BCUT2D eigenvalue weighted by Crippen LogP contribution is 2.42. The quantitative estimate of drug-likeness (QED) is 0.622. The number of carbonyl (C=O) groups excluding carboxylic acids is 1. The van der Waals surface area contributed by atoms with E-state index >= 15 is 0 Å². The van der Waals surface area contributed by atoms with Crippen LogP contribution in [0, 0.1) is 0 Å². The second-order valence-electron chi connectivity index (χ2n) is 6.78. The van der Waals surface area contributed by atoms with Crippen molar-refractivity contribution >= 4 is 33.3 Å². The van der Waals surface area contributed by atoms with E-state index in [4.69, 9.17) is 20.4 Å². The summed E-state index contributed by atoms with van der Waals surface area (Å²) in [5, 5.41) is 6.32. The van der Waals surface area contributed by atoms with Crippen molar-refractivity contribution in [3.05, 3.63) is 41.5 Å². The number of fused-ring (bicyclic) bond motifs is 1. The van der Waals surface area contributed by atoms with Gasteiger partial charge in [0.1, 0.15) is 22.5 Å². The molecule has 0 spiro atoms. The normalized spacial score (nSPS) is 15.0. The summed E-state index contributed by atoms with van der Waals surface area (Å²) in [6.07, 6.45) is 2.72. The van der Waals surface area contributed by atoms with Crippen molar-refractivity contribution in [2.24, 2.45) is 5.73 Å². The zero-order valence-electron chi connectivity index (χ0n) is 15.1. The van der Waals surface area contributed by atoms with Crippen LogP contribution in [0.25, 0.3) is 21.3 Å². The van der Waals surface area contributed by atoms with E-state index in [1.165, 1.54) is 0 Å². The van der Waals surface area contributed by atoms with Gasteiger partial charge < -0.3 is 15.8 Å². The van der Waals surface area contributed by atoms with Crippen molar-refractivity contribution in [2.45, 2.75) is 31.2 Å². The topological polar surface area (TPSA) is 90.1 Å². The Kier molecular flexibility index (Phi) is 5.05. The van der Waals surface area contributed by atoms with Gasteiger partial charge in [0.05, 0.1) is 5.39 Å². The van der Waals surface area contributed by atoms with E-state index in [0.29, 0.717) is 24.8 Å². The molecule has 2 aromatic heterocycles. The first-order valence-corrected chi connectivity index (χ1v) is 9.94. The fraction of sp³-hybridized carbons (Fsp3) is 0.350. The van der Waals surface area contributed by atoms with Crippen LogP contribution in [0.15, 0.2) is 35.7 Å². The lowest BCUT2D eigenvalue weighted by Crippen LogP contribution is -2.36. The first-order chi connectivity index (χ1) is 13.2. The average molecular weight is 382 g/mol. The molecule has 0 bridgehead atoms. The number of nitrogens with two attached hydrogens (primary N) is 1. The summed E-state index contributed by atoms with van der Waals surface area (Å²) in [5.74, 6) is 1.54. The molecule has 1 atom stereocenters. The number of primary amides is 1. The number of rotatable bonds is 8. The molecule has 3 N–H and O–H groups in total. The minimum absolute atomic E-state index is 0.414. The molecule has 1 aliphatic carbocycles. The van der Waals surface area contributed by atoms with Crippen LogP contribution in [-0.2, 0) is 9.53 Å². The van der Waals surface area contributed by atoms with E-state index in [9.17, 15) is 4.79 Å². The minimum Gasteiger partial charge on any atom is -0.385 e. The molecular formula is C20H22N4O2S. The van der Waals surface area contributed by atoms with Crippen LogP contribution in [0.2, 0.25) is 0 Å². The van der Waals surface area contributed by atoms with Crippen molar-refractivity contribution in [2.75, 3.05) is 19.0 Å².